The van der Waals surface area contributed by atoms with E-state index < -0.39 is 0 Å². The Kier molecular flexibility index (Phi) is 9.69. The number of halogens is 3. The van der Waals surface area contributed by atoms with Gasteiger partial charge in [0, 0.05) is 23.1 Å². The van der Waals surface area contributed by atoms with Crippen LogP contribution in [-0.4, -0.2) is 11.0 Å². The van der Waals surface area contributed by atoms with Crippen LogP contribution in [-0.2, 0) is 0 Å². The Morgan fingerprint density at radius 3 is 2.62 bits per heavy atom. The lowest BCUT2D eigenvalue weighted by molar-refractivity contribution is 0.771. The first-order chi connectivity index (χ1) is 6.59. The fraction of sp³-hybridized carbons (Fsp3) is 0.300. The Hall–Kier alpha value is -0.470. The van der Waals surface area contributed by atoms with Gasteiger partial charge in [-0.1, -0.05) is 11.8 Å². The SMILES string of the molecule is C[C@H](N)CC#Cc1cnc(N)cc1Br.Cl.Cl. The Labute approximate surface area is 116 Å². The van der Waals surface area contributed by atoms with E-state index >= 15 is 0 Å². The Morgan fingerprint density at radius 2 is 2.12 bits per heavy atom. The number of aromatic nitrogens is 1. The maximum atomic E-state index is 5.57. The van der Waals surface area contributed by atoms with Crippen LogP contribution in [0.4, 0.5) is 5.82 Å². The van der Waals surface area contributed by atoms with Crippen molar-refractivity contribution in [3.63, 3.8) is 0 Å². The van der Waals surface area contributed by atoms with Gasteiger partial charge in [0.25, 0.3) is 0 Å². The number of rotatable bonds is 1. The number of nitrogen functional groups attached to an aromatic ring is 1. The van der Waals surface area contributed by atoms with E-state index in [0.717, 1.165) is 10.0 Å². The van der Waals surface area contributed by atoms with E-state index in [1.165, 1.54) is 0 Å². The highest BCUT2D eigenvalue weighted by molar-refractivity contribution is 9.10. The molecule has 3 nitrogen and oxygen atoms in total. The average molecular weight is 327 g/mol. The molecule has 0 amide bonds. The van der Waals surface area contributed by atoms with Gasteiger partial charge in [0.05, 0.1) is 5.56 Å². The third-order valence-electron chi connectivity index (χ3n) is 1.52. The third kappa shape index (κ3) is 6.19. The summed E-state index contributed by atoms with van der Waals surface area (Å²) in [6.45, 7) is 1.92. The molecule has 6 heteroatoms. The number of nitrogens with two attached hydrogens (primary N) is 2. The van der Waals surface area contributed by atoms with Crippen LogP contribution in [0.15, 0.2) is 16.7 Å². The van der Waals surface area contributed by atoms with Crippen LogP contribution in [0.2, 0.25) is 0 Å². The Balaban J connectivity index is 0. The van der Waals surface area contributed by atoms with Crippen molar-refractivity contribution in [3.05, 3.63) is 22.3 Å². The lowest BCUT2D eigenvalue weighted by atomic mass is 10.2. The molecular weight excluding hydrogens is 313 g/mol. The first kappa shape index (κ1) is 17.9. The first-order valence-electron chi connectivity index (χ1n) is 4.25. The normalized spacial score (nSPS) is 10.2. The molecule has 0 saturated heterocycles. The molecule has 0 aliphatic carbocycles. The maximum absolute atomic E-state index is 5.57. The fourth-order valence-corrected chi connectivity index (χ4v) is 1.28. The second-order valence-electron chi connectivity index (χ2n) is 3.07. The smallest absolute Gasteiger partial charge is 0.124 e. The third-order valence-corrected chi connectivity index (χ3v) is 2.18. The molecule has 0 saturated carbocycles. The van der Waals surface area contributed by atoms with Crippen molar-refractivity contribution in [1.29, 1.82) is 0 Å². The highest BCUT2D eigenvalue weighted by atomic mass is 79.9. The summed E-state index contributed by atoms with van der Waals surface area (Å²) in [5.74, 6) is 6.43. The zero-order valence-corrected chi connectivity index (χ0v) is 12.0. The molecule has 1 atom stereocenters. The molecular formula is C10H14BrCl2N3. The minimum Gasteiger partial charge on any atom is -0.384 e. The van der Waals surface area contributed by atoms with Gasteiger partial charge in [0.1, 0.15) is 5.82 Å². The van der Waals surface area contributed by atoms with Gasteiger partial charge in [-0.05, 0) is 28.9 Å². The van der Waals surface area contributed by atoms with Gasteiger partial charge in [0.2, 0.25) is 0 Å². The molecule has 0 bridgehead atoms. The van der Waals surface area contributed by atoms with Gasteiger partial charge in [0.15, 0.2) is 0 Å². The largest absolute Gasteiger partial charge is 0.384 e. The van der Waals surface area contributed by atoms with Crippen LogP contribution in [0.1, 0.15) is 18.9 Å². The maximum Gasteiger partial charge on any atom is 0.124 e. The lowest BCUT2D eigenvalue weighted by Crippen LogP contribution is -2.12. The van der Waals surface area contributed by atoms with Crippen molar-refractivity contribution in [3.8, 4) is 11.8 Å². The van der Waals surface area contributed by atoms with Crippen LogP contribution in [0.25, 0.3) is 0 Å². The highest BCUT2D eigenvalue weighted by Crippen LogP contribution is 2.16. The predicted molar refractivity (Wildman–Crippen MR) is 76.0 cm³/mol. The van der Waals surface area contributed by atoms with Crippen LogP contribution in [0, 0.1) is 11.8 Å². The number of nitrogens with zero attached hydrogens (tertiary/aromatic N) is 1. The summed E-state index contributed by atoms with van der Waals surface area (Å²) in [5.41, 5.74) is 11.9. The summed E-state index contributed by atoms with van der Waals surface area (Å²) in [7, 11) is 0. The Bertz CT molecular complexity index is 385. The van der Waals surface area contributed by atoms with Crippen molar-refractivity contribution >= 4 is 46.6 Å². The number of hydrogen-bond acceptors (Lipinski definition) is 3. The molecule has 1 aromatic heterocycles. The second kappa shape index (κ2) is 8.66. The van der Waals surface area contributed by atoms with Gasteiger partial charge >= 0.3 is 0 Å². The first-order valence-corrected chi connectivity index (χ1v) is 5.04. The summed E-state index contributed by atoms with van der Waals surface area (Å²) in [6.07, 6.45) is 2.32. The Morgan fingerprint density at radius 1 is 1.50 bits per heavy atom. The summed E-state index contributed by atoms with van der Waals surface area (Å²) in [4.78, 5) is 3.95. The molecule has 1 aromatic rings. The minimum atomic E-state index is 0. The molecule has 1 rings (SSSR count). The summed E-state index contributed by atoms with van der Waals surface area (Å²) < 4.78 is 0.863. The van der Waals surface area contributed by atoms with Crippen molar-refractivity contribution in [2.24, 2.45) is 5.73 Å². The fourth-order valence-electron chi connectivity index (χ4n) is 0.845. The van der Waals surface area contributed by atoms with Crippen LogP contribution in [0.3, 0.4) is 0 Å². The van der Waals surface area contributed by atoms with E-state index in [0.29, 0.717) is 12.2 Å². The van der Waals surface area contributed by atoms with E-state index in [1.54, 1.807) is 12.3 Å². The van der Waals surface area contributed by atoms with Crippen LogP contribution >= 0.6 is 40.7 Å². The number of hydrogen-bond donors (Lipinski definition) is 2. The number of pyridine rings is 1. The van der Waals surface area contributed by atoms with Gasteiger partial charge in [-0.15, -0.1) is 24.8 Å². The zero-order chi connectivity index (χ0) is 10.6. The molecule has 0 unspecified atom stereocenters. The van der Waals surface area contributed by atoms with Crippen LogP contribution < -0.4 is 11.5 Å². The topological polar surface area (TPSA) is 64.9 Å². The molecule has 90 valence electrons. The van der Waals surface area contributed by atoms with E-state index in [2.05, 4.69) is 32.8 Å². The molecule has 0 aliphatic heterocycles. The standard InChI is InChI=1S/C10H12BrN3.2ClH/c1-7(12)3-2-4-8-6-14-10(13)5-9(8)11;;/h5-7H,3,12H2,1H3,(H2,13,14);2*1H/t7-;;/m0../s1. The predicted octanol–water partition coefficient (Wildman–Crippen LogP) is 2.36. The lowest BCUT2D eigenvalue weighted by Gasteiger charge is -1.97. The molecule has 1 heterocycles. The zero-order valence-electron chi connectivity index (χ0n) is 8.74. The van der Waals surface area contributed by atoms with Gasteiger partial charge in [-0.3, -0.25) is 0 Å². The second-order valence-corrected chi connectivity index (χ2v) is 3.93. The van der Waals surface area contributed by atoms with Gasteiger partial charge in [-0.2, -0.15) is 0 Å². The molecule has 0 spiro atoms. The minimum absolute atomic E-state index is 0. The van der Waals surface area contributed by atoms with Crippen LogP contribution in [0.5, 0.6) is 0 Å². The highest BCUT2D eigenvalue weighted by Gasteiger charge is 1.97. The quantitative estimate of drug-likeness (QED) is 0.779. The van der Waals surface area contributed by atoms with Gasteiger partial charge in [-0.25, -0.2) is 4.98 Å². The molecule has 0 aliphatic rings. The summed E-state index contributed by atoms with van der Waals surface area (Å²) >= 11 is 3.36. The van der Waals surface area contributed by atoms with E-state index in [-0.39, 0.29) is 30.9 Å². The summed E-state index contributed by atoms with van der Waals surface area (Å²) in [5, 5.41) is 0. The summed E-state index contributed by atoms with van der Waals surface area (Å²) in [6, 6.07) is 1.83. The monoisotopic (exact) mass is 325 g/mol. The van der Waals surface area contributed by atoms with Crippen molar-refractivity contribution in [1.82, 2.24) is 4.98 Å². The van der Waals surface area contributed by atoms with Crippen molar-refractivity contribution in [2.45, 2.75) is 19.4 Å². The van der Waals surface area contributed by atoms with Gasteiger partial charge < -0.3 is 11.5 Å². The van der Waals surface area contributed by atoms with E-state index in [1.807, 2.05) is 6.92 Å². The molecule has 0 radical (unpaired) electrons. The molecule has 0 aromatic carbocycles. The van der Waals surface area contributed by atoms with Crippen molar-refractivity contribution in [2.75, 3.05) is 5.73 Å². The van der Waals surface area contributed by atoms with Crippen molar-refractivity contribution < 1.29 is 0 Å². The molecule has 0 fully saturated rings. The molecule has 4 N–H and O–H groups in total. The molecule has 16 heavy (non-hydrogen) atoms. The van der Waals surface area contributed by atoms with E-state index in [4.69, 9.17) is 11.5 Å². The average Bonchev–Trinajstić information content (AvgIpc) is 2.08. The van der Waals surface area contributed by atoms with E-state index in [9.17, 15) is 0 Å². The number of anilines is 1.